The smallest absolute Gasteiger partial charge is 0.221 e. The lowest BCUT2D eigenvalue weighted by atomic mass is 10.0. The molecule has 0 bridgehead atoms. The number of furan rings is 1. The van der Waals surface area contributed by atoms with Crippen LogP contribution in [-0.4, -0.2) is 27.2 Å². The Labute approximate surface area is 193 Å². The third kappa shape index (κ3) is 4.95. The van der Waals surface area contributed by atoms with Crippen molar-refractivity contribution < 1.29 is 23.4 Å². The molecule has 6 heteroatoms. The maximum Gasteiger partial charge on any atom is 0.221 e. The topological polar surface area (TPSA) is 69.9 Å². The van der Waals surface area contributed by atoms with Gasteiger partial charge in [0.15, 0.2) is 11.5 Å². The van der Waals surface area contributed by atoms with Gasteiger partial charge in [-0.1, -0.05) is 48.5 Å². The summed E-state index contributed by atoms with van der Waals surface area (Å²) >= 11 is 0. The largest absolute Gasteiger partial charge is 0.493 e. The molecular formula is C27H27NO5. The zero-order chi connectivity index (χ0) is 23.2. The van der Waals surface area contributed by atoms with Crippen LogP contribution in [0.4, 0.5) is 0 Å². The zero-order valence-electron chi connectivity index (χ0n) is 19.0. The Morgan fingerprint density at radius 2 is 1.55 bits per heavy atom. The van der Waals surface area contributed by atoms with Gasteiger partial charge in [-0.2, -0.15) is 0 Å². The van der Waals surface area contributed by atoms with E-state index in [-0.39, 0.29) is 11.9 Å². The average molecular weight is 446 g/mol. The first-order valence-corrected chi connectivity index (χ1v) is 10.7. The van der Waals surface area contributed by atoms with Crippen LogP contribution >= 0.6 is 0 Å². The molecule has 33 heavy (non-hydrogen) atoms. The molecule has 1 atom stereocenters. The van der Waals surface area contributed by atoms with Gasteiger partial charge < -0.3 is 23.9 Å². The van der Waals surface area contributed by atoms with Crippen molar-refractivity contribution in [1.82, 2.24) is 5.32 Å². The number of fused-ring (bicyclic) bond motifs is 1. The first kappa shape index (κ1) is 22.3. The predicted molar refractivity (Wildman–Crippen MR) is 127 cm³/mol. The molecule has 1 heterocycles. The minimum absolute atomic E-state index is 0.0851. The molecule has 4 rings (SSSR count). The highest BCUT2D eigenvalue weighted by molar-refractivity contribution is 5.80. The molecule has 0 saturated carbocycles. The monoisotopic (exact) mass is 445 g/mol. The summed E-state index contributed by atoms with van der Waals surface area (Å²) < 4.78 is 22.3. The lowest BCUT2D eigenvalue weighted by Crippen LogP contribution is -2.29. The van der Waals surface area contributed by atoms with Crippen molar-refractivity contribution in [3.63, 3.8) is 0 Å². The molecule has 3 aromatic carbocycles. The Morgan fingerprint density at radius 3 is 2.18 bits per heavy atom. The number of methoxy groups -OCH3 is 3. The van der Waals surface area contributed by atoms with Gasteiger partial charge in [-0.05, 0) is 41.8 Å². The highest BCUT2D eigenvalue weighted by Crippen LogP contribution is 2.38. The van der Waals surface area contributed by atoms with E-state index in [4.69, 9.17) is 18.6 Å². The van der Waals surface area contributed by atoms with Crippen LogP contribution in [0.3, 0.4) is 0 Å². The van der Waals surface area contributed by atoms with E-state index in [1.54, 1.807) is 21.3 Å². The summed E-state index contributed by atoms with van der Waals surface area (Å²) in [5.74, 6) is 2.28. The van der Waals surface area contributed by atoms with Crippen molar-refractivity contribution in [1.29, 1.82) is 0 Å². The number of ether oxygens (including phenoxy) is 3. The van der Waals surface area contributed by atoms with Crippen molar-refractivity contribution in [3.05, 3.63) is 89.7 Å². The summed E-state index contributed by atoms with van der Waals surface area (Å²) in [6.07, 6.45) is 0.812. The summed E-state index contributed by atoms with van der Waals surface area (Å²) in [5, 5.41) is 4.14. The maximum absolute atomic E-state index is 13.0. The number of aryl methyl sites for hydroxylation is 1. The molecule has 0 fully saturated rings. The van der Waals surface area contributed by atoms with Gasteiger partial charge in [0, 0.05) is 11.8 Å². The number of hydrogen-bond donors (Lipinski definition) is 1. The molecule has 0 aliphatic carbocycles. The summed E-state index contributed by atoms with van der Waals surface area (Å²) in [5.41, 5.74) is 2.66. The SMILES string of the molecule is COc1cc(CCC(=O)N[C@@H](c2ccccc2)c2cc3ccccc3o2)cc(OC)c1OC. The number of nitrogens with one attached hydrogen (secondary N) is 1. The second-order valence-electron chi connectivity index (χ2n) is 7.63. The second kappa shape index (κ2) is 10.1. The Hall–Kier alpha value is -3.93. The highest BCUT2D eigenvalue weighted by atomic mass is 16.5. The Bertz CT molecular complexity index is 1170. The summed E-state index contributed by atoms with van der Waals surface area (Å²) in [6, 6.07) is 23.0. The van der Waals surface area contributed by atoms with Crippen LogP contribution in [-0.2, 0) is 11.2 Å². The molecule has 0 aliphatic heterocycles. The Balaban J connectivity index is 1.53. The van der Waals surface area contributed by atoms with Crippen LogP contribution < -0.4 is 19.5 Å². The number of benzene rings is 3. The van der Waals surface area contributed by atoms with E-state index < -0.39 is 0 Å². The maximum atomic E-state index is 13.0. The van der Waals surface area contributed by atoms with Gasteiger partial charge in [-0.15, -0.1) is 0 Å². The van der Waals surface area contributed by atoms with Crippen LogP contribution in [0.2, 0.25) is 0 Å². The van der Waals surface area contributed by atoms with Gasteiger partial charge in [0.25, 0.3) is 0 Å². The first-order chi connectivity index (χ1) is 16.1. The molecule has 4 aromatic rings. The number of rotatable bonds is 9. The minimum atomic E-state index is -0.383. The highest BCUT2D eigenvalue weighted by Gasteiger charge is 2.21. The van der Waals surface area contributed by atoms with Crippen molar-refractivity contribution in [2.45, 2.75) is 18.9 Å². The van der Waals surface area contributed by atoms with Gasteiger partial charge in [-0.3, -0.25) is 4.79 Å². The van der Waals surface area contributed by atoms with E-state index >= 15 is 0 Å². The number of carbonyl (C=O) groups excluding carboxylic acids is 1. The van der Waals surface area contributed by atoms with Crippen molar-refractivity contribution in [2.24, 2.45) is 0 Å². The average Bonchev–Trinajstić information content (AvgIpc) is 3.29. The molecule has 0 unspecified atom stereocenters. The molecule has 170 valence electrons. The standard InChI is InChI=1S/C27H27NO5/c1-30-23-15-18(16-24(31-2)27(23)32-3)13-14-25(29)28-26(19-9-5-4-6-10-19)22-17-20-11-7-8-12-21(20)33-22/h4-12,15-17,26H,13-14H2,1-3H3,(H,28,29)/t26-/m0/s1. The molecule has 1 N–H and O–H groups in total. The summed E-state index contributed by atoms with van der Waals surface area (Å²) in [4.78, 5) is 13.0. The molecule has 0 saturated heterocycles. The van der Waals surface area contributed by atoms with Crippen LogP contribution in [0.25, 0.3) is 11.0 Å². The summed E-state index contributed by atoms with van der Waals surface area (Å²) in [7, 11) is 4.71. The normalized spacial score (nSPS) is 11.7. The lowest BCUT2D eigenvalue weighted by Gasteiger charge is -2.18. The van der Waals surface area contributed by atoms with Crippen LogP contribution in [0.5, 0.6) is 17.2 Å². The van der Waals surface area contributed by atoms with Gasteiger partial charge in [-0.25, -0.2) is 0 Å². The molecular weight excluding hydrogens is 418 g/mol. The zero-order valence-corrected chi connectivity index (χ0v) is 19.0. The summed E-state index contributed by atoms with van der Waals surface area (Å²) in [6.45, 7) is 0. The number of carbonyl (C=O) groups is 1. The molecule has 0 aliphatic rings. The van der Waals surface area contributed by atoms with Crippen molar-refractivity contribution in [3.8, 4) is 17.2 Å². The van der Waals surface area contributed by atoms with Crippen molar-refractivity contribution >= 4 is 16.9 Å². The quantitative estimate of drug-likeness (QED) is 0.379. The molecule has 1 amide bonds. The molecule has 0 radical (unpaired) electrons. The fourth-order valence-electron chi connectivity index (χ4n) is 3.88. The van der Waals surface area contributed by atoms with Gasteiger partial charge >= 0.3 is 0 Å². The lowest BCUT2D eigenvalue weighted by molar-refractivity contribution is -0.121. The second-order valence-corrected chi connectivity index (χ2v) is 7.63. The molecule has 1 aromatic heterocycles. The van der Waals surface area contributed by atoms with Crippen LogP contribution in [0.1, 0.15) is 29.3 Å². The fraction of sp³-hybridized carbons (Fsp3) is 0.222. The van der Waals surface area contributed by atoms with Crippen molar-refractivity contribution in [2.75, 3.05) is 21.3 Å². The van der Waals surface area contributed by atoms with E-state index in [2.05, 4.69) is 5.32 Å². The van der Waals surface area contributed by atoms with Crippen LogP contribution in [0, 0.1) is 0 Å². The van der Waals surface area contributed by atoms with Gasteiger partial charge in [0.2, 0.25) is 11.7 Å². The van der Waals surface area contributed by atoms with E-state index in [1.807, 2.05) is 72.8 Å². The van der Waals surface area contributed by atoms with E-state index in [9.17, 15) is 4.79 Å². The molecule has 6 nitrogen and oxygen atoms in total. The Morgan fingerprint density at radius 1 is 0.879 bits per heavy atom. The Kier molecular flexibility index (Phi) is 6.83. The van der Waals surface area contributed by atoms with E-state index in [1.165, 1.54) is 0 Å². The third-order valence-corrected chi connectivity index (χ3v) is 5.53. The first-order valence-electron chi connectivity index (χ1n) is 10.7. The van der Waals surface area contributed by atoms with Gasteiger partial charge in [0.1, 0.15) is 17.4 Å². The fourth-order valence-corrected chi connectivity index (χ4v) is 3.88. The number of para-hydroxylation sites is 1. The molecule has 0 spiro atoms. The van der Waals surface area contributed by atoms with E-state index in [0.29, 0.717) is 35.9 Å². The van der Waals surface area contributed by atoms with Gasteiger partial charge in [0.05, 0.1) is 21.3 Å². The van der Waals surface area contributed by atoms with E-state index in [0.717, 1.165) is 22.1 Å². The predicted octanol–water partition coefficient (Wildman–Crippen LogP) is 5.30. The minimum Gasteiger partial charge on any atom is -0.493 e. The number of amides is 1. The van der Waals surface area contributed by atoms with Crippen LogP contribution in [0.15, 0.2) is 77.2 Å². The number of hydrogen-bond acceptors (Lipinski definition) is 5. The third-order valence-electron chi connectivity index (χ3n) is 5.53.